The van der Waals surface area contributed by atoms with E-state index in [1.54, 1.807) is 36.8 Å². The van der Waals surface area contributed by atoms with E-state index >= 15 is 0 Å². The number of nitrogens with zero attached hydrogens (tertiary/aromatic N) is 3. The zero-order valence-corrected chi connectivity index (χ0v) is 20.0. The van der Waals surface area contributed by atoms with Crippen LogP contribution in [0.1, 0.15) is 45.6 Å². The third-order valence-corrected chi connectivity index (χ3v) is 6.60. The molecule has 1 aromatic carbocycles. The number of aromatic nitrogens is 2. The minimum absolute atomic E-state index is 0.164. The summed E-state index contributed by atoms with van der Waals surface area (Å²) in [4.78, 5) is 34.9. The highest BCUT2D eigenvalue weighted by Crippen LogP contribution is 2.24. The lowest BCUT2D eigenvalue weighted by Crippen LogP contribution is -2.43. The lowest BCUT2D eigenvalue weighted by Gasteiger charge is -2.34. The standard InChI is InChI=1S/C25H29N5O3S/c1-2-33-25(32)22-17-34-23(29-22)8-12-27-19-9-13-30(14-10-19)21-7-3-6-20(15-21)28-24(31)18-5-4-11-26-16-18/h3-7,11,15-17,19,27H,2,8-10,12-14H2,1H3,(H,28,31). The maximum Gasteiger partial charge on any atom is 0.357 e. The molecule has 1 aliphatic heterocycles. The molecule has 0 radical (unpaired) electrons. The lowest BCUT2D eigenvalue weighted by molar-refractivity contribution is 0.0520. The Kier molecular flexibility index (Phi) is 8.21. The summed E-state index contributed by atoms with van der Waals surface area (Å²) in [5.41, 5.74) is 2.82. The van der Waals surface area contributed by atoms with Gasteiger partial charge in [0.2, 0.25) is 0 Å². The largest absolute Gasteiger partial charge is 0.461 e. The van der Waals surface area contributed by atoms with Gasteiger partial charge in [-0.25, -0.2) is 9.78 Å². The van der Waals surface area contributed by atoms with E-state index in [9.17, 15) is 9.59 Å². The first-order chi connectivity index (χ1) is 16.6. The Hall–Kier alpha value is -3.30. The van der Waals surface area contributed by atoms with Gasteiger partial charge in [-0.1, -0.05) is 6.07 Å². The molecule has 0 aliphatic carbocycles. The number of rotatable bonds is 9. The van der Waals surface area contributed by atoms with Crippen LogP contribution >= 0.6 is 11.3 Å². The minimum atomic E-state index is -0.356. The van der Waals surface area contributed by atoms with Gasteiger partial charge in [-0.05, 0) is 50.1 Å². The van der Waals surface area contributed by atoms with E-state index in [4.69, 9.17) is 4.74 Å². The number of nitrogens with one attached hydrogen (secondary N) is 2. The van der Waals surface area contributed by atoms with Crippen LogP contribution in [0.5, 0.6) is 0 Å². The fourth-order valence-corrected chi connectivity index (χ4v) is 4.70. The van der Waals surface area contributed by atoms with Crippen LogP contribution in [0.25, 0.3) is 0 Å². The molecule has 0 unspecified atom stereocenters. The van der Waals surface area contributed by atoms with E-state index < -0.39 is 0 Å². The molecule has 1 amide bonds. The molecule has 34 heavy (non-hydrogen) atoms. The third-order valence-electron chi connectivity index (χ3n) is 5.70. The summed E-state index contributed by atoms with van der Waals surface area (Å²) in [5, 5.41) is 9.28. The van der Waals surface area contributed by atoms with E-state index in [-0.39, 0.29) is 11.9 Å². The molecule has 178 valence electrons. The maximum absolute atomic E-state index is 12.4. The molecule has 3 heterocycles. The predicted molar refractivity (Wildman–Crippen MR) is 134 cm³/mol. The van der Waals surface area contributed by atoms with Crippen molar-refractivity contribution in [2.45, 2.75) is 32.2 Å². The SMILES string of the molecule is CCOC(=O)c1csc(CCNC2CCN(c3cccc(NC(=O)c4cccnc4)c3)CC2)n1. The molecule has 3 aromatic rings. The molecule has 8 nitrogen and oxygen atoms in total. The summed E-state index contributed by atoms with van der Waals surface area (Å²) in [6.07, 6.45) is 6.08. The van der Waals surface area contributed by atoms with Crippen molar-refractivity contribution < 1.29 is 14.3 Å². The Morgan fingerprint density at radius 2 is 2.06 bits per heavy atom. The smallest absolute Gasteiger partial charge is 0.357 e. The highest BCUT2D eigenvalue weighted by atomic mass is 32.1. The molecule has 2 aromatic heterocycles. The molecule has 0 bridgehead atoms. The number of benzene rings is 1. The van der Waals surface area contributed by atoms with Crippen LogP contribution in [0.2, 0.25) is 0 Å². The van der Waals surface area contributed by atoms with Gasteiger partial charge in [-0.15, -0.1) is 11.3 Å². The number of anilines is 2. The van der Waals surface area contributed by atoms with Gasteiger partial charge in [-0.2, -0.15) is 0 Å². The number of pyridine rings is 1. The lowest BCUT2D eigenvalue weighted by atomic mass is 10.0. The van der Waals surface area contributed by atoms with Gasteiger partial charge in [0.25, 0.3) is 5.91 Å². The predicted octanol–water partition coefficient (Wildman–Crippen LogP) is 3.77. The summed E-state index contributed by atoms with van der Waals surface area (Å²) in [5.74, 6) is -0.520. The summed E-state index contributed by atoms with van der Waals surface area (Å²) in [7, 11) is 0. The van der Waals surface area contributed by atoms with Gasteiger partial charge in [0.1, 0.15) is 0 Å². The Morgan fingerprint density at radius 1 is 1.21 bits per heavy atom. The first-order valence-corrected chi connectivity index (χ1v) is 12.4. The van der Waals surface area contributed by atoms with Crippen LogP contribution in [0.3, 0.4) is 0 Å². The second kappa shape index (κ2) is 11.7. The monoisotopic (exact) mass is 479 g/mol. The number of ether oxygens (including phenoxy) is 1. The Balaban J connectivity index is 1.22. The number of carbonyl (C=O) groups is 2. The van der Waals surface area contributed by atoms with Gasteiger partial charge in [0, 0.05) is 61.2 Å². The summed E-state index contributed by atoms with van der Waals surface area (Å²) >= 11 is 1.50. The second-order valence-electron chi connectivity index (χ2n) is 8.06. The van der Waals surface area contributed by atoms with Crippen molar-refractivity contribution >= 4 is 34.6 Å². The normalized spacial score (nSPS) is 14.1. The highest BCUT2D eigenvalue weighted by Gasteiger charge is 2.20. The molecule has 0 atom stereocenters. The van der Waals surface area contributed by atoms with Crippen LogP contribution < -0.4 is 15.5 Å². The summed E-state index contributed by atoms with van der Waals surface area (Å²) < 4.78 is 5.00. The fourth-order valence-electron chi connectivity index (χ4n) is 3.93. The molecule has 1 aliphatic rings. The molecular weight excluding hydrogens is 450 g/mol. The number of esters is 1. The minimum Gasteiger partial charge on any atom is -0.461 e. The maximum atomic E-state index is 12.4. The first kappa shape index (κ1) is 23.8. The van der Waals surface area contributed by atoms with Gasteiger partial charge < -0.3 is 20.3 Å². The second-order valence-corrected chi connectivity index (χ2v) is 9.00. The number of thiazole rings is 1. The summed E-state index contributed by atoms with van der Waals surface area (Å²) in [6, 6.07) is 11.9. The molecule has 1 fully saturated rings. The fraction of sp³-hybridized carbons (Fsp3) is 0.360. The Morgan fingerprint density at radius 3 is 2.82 bits per heavy atom. The van der Waals surface area contributed by atoms with Gasteiger partial charge in [0.05, 0.1) is 17.2 Å². The van der Waals surface area contributed by atoms with Gasteiger partial charge >= 0.3 is 5.97 Å². The Labute approximate surface area is 203 Å². The number of hydrogen-bond acceptors (Lipinski definition) is 8. The van der Waals surface area contributed by atoms with Crippen LogP contribution in [-0.4, -0.2) is 54.1 Å². The van der Waals surface area contributed by atoms with E-state index in [0.717, 1.165) is 55.3 Å². The van der Waals surface area contributed by atoms with Crippen molar-refractivity contribution in [2.24, 2.45) is 0 Å². The average Bonchev–Trinajstić information content (AvgIpc) is 3.34. The number of carbonyl (C=O) groups excluding carboxylic acids is 2. The van der Waals surface area contributed by atoms with E-state index in [2.05, 4.69) is 31.6 Å². The van der Waals surface area contributed by atoms with Crippen LogP contribution in [-0.2, 0) is 11.2 Å². The highest BCUT2D eigenvalue weighted by molar-refractivity contribution is 7.09. The molecule has 9 heteroatoms. The molecule has 1 saturated heterocycles. The van der Waals surface area contributed by atoms with Crippen molar-refractivity contribution in [2.75, 3.05) is 36.5 Å². The molecule has 2 N–H and O–H groups in total. The molecule has 4 rings (SSSR count). The number of piperidine rings is 1. The van der Waals surface area contributed by atoms with Crippen molar-refractivity contribution in [1.82, 2.24) is 15.3 Å². The van der Waals surface area contributed by atoms with E-state index in [0.29, 0.717) is 23.9 Å². The quantitative estimate of drug-likeness (QED) is 0.451. The molecule has 0 saturated carbocycles. The van der Waals surface area contributed by atoms with E-state index in [1.165, 1.54) is 11.3 Å². The van der Waals surface area contributed by atoms with Crippen molar-refractivity contribution in [3.63, 3.8) is 0 Å². The van der Waals surface area contributed by atoms with Gasteiger partial charge in [0.15, 0.2) is 5.69 Å². The van der Waals surface area contributed by atoms with E-state index in [1.807, 2.05) is 18.2 Å². The summed E-state index contributed by atoms with van der Waals surface area (Å²) in [6.45, 7) is 4.87. The zero-order valence-electron chi connectivity index (χ0n) is 19.2. The van der Waals surface area contributed by atoms with Gasteiger partial charge in [-0.3, -0.25) is 9.78 Å². The molecular formula is C25H29N5O3S. The average molecular weight is 480 g/mol. The number of hydrogen-bond donors (Lipinski definition) is 2. The first-order valence-electron chi connectivity index (χ1n) is 11.5. The van der Waals surface area contributed by atoms with Crippen LogP contribution in [0.4, 0.5) is 11.4 Å². The third kappa shape index (κ3) is 6.39. The van der Waals surface area contributed by atoms with Crippen LogP contribution in [0, 0.1) is 0 Å². The number of amides is 1. The zero-order chi connectivity index (χ0) is 23.8. The van der Waals surface area contributed by atoms with Crippen molar-refractivity contribution in [1.29, 1.82) is 0 Å². The van der Waals surface area contributed by atoms with Crippen molar-refractivity contribution in [3.05, 3.63) is 70.4 Å². The molecule has 0 spiro atoms. The topological polar surface area (TPSA) is 96.5 Å². The van der Waals surface area contributed by atoms with Crippen molar-refractivity contribution in [3.8, 4) is 0 Å². The Bertz CT molecular complexity index is 1100. The van der Waals surface area contributed by atoms with Crippen LogP contribution in [0.15, 0.2) is 54.2 Å².